The number of halogens is 2. The molecule has 25 heavy (non-hydrogen) atoms. The largest absolute Gasteiger partial charge is 0.496 e. The molecule has 2 aliphatic heterocycles. The fourth-order valence-corrected chi connectivity index (χ4v) is 3.56. The van der Waals surface area contributed by atoms with E-state index in [1.165, 1.54) is 0 Å². The van der Waals surface area contributed by atoms with Crippen LogP contribution in [0, 0.1) is 0 Å². The molecule has 2 aliphatic rings. The van der Waals surface area contributed by atoms with Crippen molar-refractivity contribution >= 4 is 41.4 Å². The number of rotatable bonds is 3. The number of nitrogens with one attached hydrogen (secondary N) is 2. The van der Waals surface area contributed by atoms with Crippen molar-refractivity contribution < 1.29 is 4.74 Å². The Kier molecular flexibility index (Phi) is 6.38. The minimum atomic E-state index is 0. The first-order valence-corrected chi connectivity index (χ1v) is 8.13. The molecule has 0 aliphatic carbocycles. The van der Waals surface area contributed by atoms with Crippen molar-refractivity contribution in [3.63, 3.8) is 0 Å². The van der Waals surface area contributed by atoms with E-state index in [1.807, 2.05) is 0 Å². The third-order valence-electron chi connectivity index (χ3n) is 4.66. The van der Waals surface area contributed by atoms with Crippen LogP contribution < -0.4 is 15.6 Å². The first-order chi connectivity index (χ1) is 11.3. The second-order valence-corrected chi connectivity index (χ2v) is 6.22. The molecule has 0 bridgehead atoms. The fourth-order valence-electron chi connectivity index (χ4n) is 3.56. The topological polar surface area (TPSA) is 57.4 Å². The van der Waals surface area contributed by atoms with E-state index in [0.717, 1.165) is 72.5 Å². The summed E-state index contributed by atoms with van der Waals surface area (Å²) in [5.74, 6) is 0.826. The van der Waals surface area contributed by atoms with Crippen molar-refractivity contribution in [2.45, 2.75) is 19.4 Å². The van der Waals surface area contributed by atoms with Gasteiger partial charge in [-0.2, -0.15) is 0 Å². The maximum Gasteiger partial charge on any atom is 0.253 e. The number of H-pyrrole nitrogens is 1. The van der Waals surface area contributed by atoms with Crippen LogP contribution in [0.25, 0.3) is 10.9 Å². The molecule has 0 radical (unpaired) electrons. The van der Waals surface area contributed by atoms with Crippen molar-refractivity contribution in [2.24, 2.45) is 0 Å². The molecular formula is C18H23Cl2N3O2. The highest BCUT2D eigenvalue weighted by Gasteiger charge is 2.20. The lowest BCUT2D eigenvalue weighted by Crippen LogP contribution is -2.23. The number of fused-ring (bicyclic) bond motifs is 3. The number of pyridine rings is 1. The zero-order valence-electron chi connectivity index (χ0n) is 14.1. The van der Waals surface area contributed by atoms with Crippen molar-refractivity contribution in [1.82, 2.24) is 9.88 Å². The minimum Gasteiger partial charge on any atom is -0.496 e. The quantitative estimate of drug-likeness (QED) is 0.799. The molecule has 4 rings (SSSR count). The smallest absolute Gasteiger partial charge is 0.253 e. The molecule has 0 fully saturated rings. The molecule has 0 unspecified atom stereocenters. The number of methoxy groups -OCH3 is 1. The number of anilines is 1. The van der Waals surface area contributed by atoms with Gasteiger partial charge in [0, 0.05) is 31.7 Å². The number of benzene rings is 1. The predicted octanol–water partition coefficient (Wildman–Crippen LogP) is 3.11. The molecule has 0 spiro atoms. The Bertz CT molecular complexity index is 840. The third kappa shape index (κ3) is 3.64. The molecule has 0 saturated carbocycles. The Hall–Kier alpha value is -1.69. The summed E-state index contributed by atoms with van der Waals surface area (Å²) in [6, 6.07) is 4.17. The highest BCUT2D eigenvalue weighted by atomic mass is 35.5. The summed E-state index contributed by atoms with van der Waals surface area (Å²) in [4.78, 5) is 17.8. The van der Waals surface area contributed by atoms with Crippen LogP contribution in [0.3, 0.4) is 0 Å². The van der Waals surface area contributed by atoms with Gasteiger partial charge in [0.25, 0.3) is 5.56 Å². The van der Waals surface area contributed by atoms with Crippen LogP contribution in [0.2, 0.25) is 0 Å². The highest BCUT2D eigenvalue weighted by molar-refractivity contribution is 5.98. The molecule has 2 aromatic rings. The third-order valence-corrected chi connectivity index (χ3v) is 4.66. The van der Waals surface area contributed by atoms with Gasteiger partial charge in [-0.05, 0) is 30.5 Å². The van der Waals surface area contributed by atoms with Crippen LogP contribution in [0.15, 0.2) is 29.1 Å². The van der Waals surface area contributed by atoms with Crippen LogP contribution in [0.5, 0.6) is 5.75 Å². The first kappa shape index (κ1) is 19.6. The molecular weight excluding hydrogens is 361 g/mol. The predicted molar refractivity (Wildman–Crippen MR) is 107 cm³/mol. The standard InChI is InChI=1S/C18H21N3O2.2ClH/c1-23-15-10-12(11-21-7-2-3-8-21)9-14-16(15)17-13(18(22)20-14)5-4-6-19-17;;/h2-3,9-10,19H,4-8,11H2,1H3,(H,20,22);2*1H. The minimum absolute atomic E-state index is 0. The average Bonchev–Trinajstić information content (AvgIpc) is 3.07. The summed E-state index contributed by atoms with van der Waals surface area (Å²) in [6.07, 6.45) is 6.17. The second kappa shape index (κ2) is 8.13. The lowest BCUT2D eigenvalue weighted by Gasteiger charge is -2.22. The van der Waals surface area contributed by atoms with E-state index in [9.17, 15) is 4.79 Å². The summed E-state index contributed by atoms with van der Waals surface area (Å²) in [5, 5.41) is 4.38. The van der Waals surface area contributed by atoms with Crippen molar-refractivity contribution in [3.8, 4) is 5.75 Å². The van der Waals surface area contributed by atoms with E-state index in [0.29, 0.717) is 0 Å². The molecule has 2 N–H and O–H groups in total. The average molecular weight is 384 g/mol. The van der Waals surface area contributed by atoms with Gasteiger partial charge in [0.05, 0.1) is 23.7 Å². The summed E-state index contributed by atoms with van der Waals surface area (Å²) >= 11 is 0. The zero-order chi connectivity index (χ0) is 15.8. The zero-order valence-corrected chi connectivity index (χ0v) is 15.8. The maximum atomic E-state index is 12.4. The SMILES string of the molecule is COc1cc(CN2CC=CC2)cc2[nH]c(=O)c3c(c12)NCCC3.Cl.Cl. The van der Waals surface area contributed by atoms with E-state index in [2.05, 4.69) is 39.5 Å². The molecule has 5 nitrogen and oxygen atoms in total. The van der Waals surface area contributed by atoms with Crippen LogP contribution in [0.4, 0.5) is 5.69 Å². The first-order valence-electron chi connectivity index (χ1n) is 8.13. The van der Waals surface area contributed by atoms with Gasteiger partial charge in [0.15, 0.2) is 0 Å². The van der Waals surface area contributed by atoms with E-state index in [4.69, 9.17) is 4.74 Å². The molecule has 1 aromatic carbocycles. The summed E-state index contributed by atoms with van der Waals surface area (Å²) in [7, 11) is 1.69. The molecule has 7 heteroatoms. The van der Waals surface area contributed by atoms with E-state index in [-0.39, 0.29) is 30.4 Å². The maximum absolute atomic E-state index is 12.4. The number of aromatic nitrogens is 1. The summed E-state index contributed by atoms with van der Waals surface area (Å²) < 4.78 is 5.64. The van der Waals surface area contributed by atoms with E-state index in [1.54, 1.807) is 7.11 Å². The van der Waals surface area contributed by atoms with Crippen LogP contribution in [-0.2, 0) is 13.0 Å². The fraction of sp³-hybridized carbons (Fsp3) is 0.389. The summed E-state index contributed by atoms with van der Waals surface area (Å²) in [5.41, 5.74) is 3.82. The van der Waals surface area contributed by atoms with Gasteiger partial charge in [-0.3, -0.25) is 9.69 Å². The number of hydrogen-bond donors (Lipinski definition) is 2. The molecule has 0 saturated heterocycles. The normalized spacial score (nSPS) is 15.9. The Balaban J connectivity index is 0.00000113. The van der Waals surface area contributed by atoms with Crippen LogP contribution in [-0.4, -0.2) is 36.6 Å². The Morgan fingerprint density at radius 3 is 2.68 bits per heavy atom. The van der Waals surface area contributed by atoms with Gasteiger partial charge < -0.3 is 15.0 Å². The molecule has 136 valence electrons. The van der Waals surface area contributed by atoms with Gasteiger partial charge in [-0.1, -0.05) is 12.2 Å². The summed E-state index contributed by atoms with van der Waals surface area (Å²) in [6.45, 7) is 3.70. The van der Waals surface area contributed by atoms with Crippen molar-refractivity contribution in [1.29, 1.82) is 0 Å². The van der Waals surface area contributed by atoms with Gasteiger partial charge in [0.1, 0.15) is 5.75 Å². The van der Waals surface area contributed by atoms with E-state index >= 15 is 0 Å². The lowest BCUT2D eigenvalue weighted by atomic mass is 9.99. The molecule has 3 heterocycles. The van der Waals surface area contributed by atoms with Gasteiger partial charge in [-0.15, -0.1) is 24.8 Å². The second-order valence-electron chi connectivity index (χ2n) is 6.22. The molecule has 0 amide bonds. The molecule has 0 atom stereocenters. The van der Waals surface area contributed by atoms with Crippen molar-refractivity contribution in [2.75, 3.05) is 32.1 Å². The number of nitrogens with zero attached hydrogens (tertiary/aromatic N) is 1. The Morgan fingerprint density at radius 2 is 1.96 bits per heavy atom. The van der Waals surface area contributed by atoms with E-state index < -0.39 is 0 Å². The van der Waals surface area contributed by atoms with Gasteiger partial charge >= 0.3 is 0 Å². The molecule has 1 aromatic heterocycles. The van der Waals surface area contributed by atoms with Crippen LogP contribution in [0.1, 0.15) is 17.5 Å². The van der Waals surface area contributed by atoms with Crippen LogP contribution >= 0.6 is 24.8 Å². The monoisotopic (exact) mass is 383 g/mol. The lowest BCUT2D eigenvalue weighted by molar-refractivity contribution is 0.344. The Morgan fingerprint density at radius 1 is 1.20 bits per heavy atom. The highest BCUT2D eigenvalue weighted by Crippen LogP contribution is 2.35. The van der Waals surface area contributed by atoms with Gasteiger partial charge in [0.2, 0.25) is 0 Å². The number of hydrogen-bond acceptors (Lipinski definition) is 4. The number of ether oxygens (including phenoxy) is 1. The van der Waals surface area contributed by atoms with Crippen molar-refractivity contribution in [3.05, 3.63) is 45.8 Å². The van der Waals surface area contributed by atoms with Gasteiger partial charge in [-0.25, -0.2) is 0 Å². The number of aromatic amines is 1. The Labute approximate surface area is 159 Å².